The minimum Gasteiger partial charge on any atom is -0.496 e. The first-order chi connectivity index (χ1) is 13.9. The number of hydrogen-bond acceptors (Lipinski definition) is 4. The largest absolute Gasteiger partial charge is 0.496 e. The molecule has 0 unspecified atom stereocenters. The van der Waals surface area contributed by atoms with Crippen LogP contribution in [0.5, 0.6) is 11.5 Å². The molecule has 2 aromatic rings. The van der Waals surface area contributed by atoms with Crippen molar-refractivity contribution in [2.75, 3.05) is 32.7 Å². The maximum Gasteiger partial charge on any atom is 0.131 e. The zero-order chi connectivity index (χ0) is 21.1. The van der Waals surface area contributed by atoms with Crippen molar-refractivity contribution in [1.29, 1.82) is 5.41 Å². The van der Waals surface area contributed by atoms with Gasteiger partial charge in [0.15, 0.2) is 0 Å². The van der Waals surface area contributed by atoms with Crippen LogP contribution >= 0.6 is 0 Å². The van der Waals surface area contributed by atoms with Gasteiger partial charge in [-0.3, -0.25) is 5.41 Å². The van der Waals surface area contributed by atoms with Gasteiger partial charge in [-0.15, -0.1) is 0 Å². The van der Waals surface area contributed by atoms with Crippen LogP contribution in [0.4, 0.5) is 5.69 Å². The maximum absolute atomic E-state index is 9.07. The van der Waals surface area contributed by atoms with Crippen LogP contribution in [0, 0.1) is 26.2 Å². The first-order valence-corrected chi connectivity index (χ1v) is 9.99. The van der Waals surface area contributed by atoms with Crippen molar-refractivity contribution < 1.29 is 9.47 Å². The van der Waals surface area contributed by atoms with Gasteiger partial charge in [-0.1, -0.05) is 23.8 Å². The second-order valence-corrected chi connectivity index (χ2v) is 7.49. The molecule has 0 bridgehead atoms. The first kappa shape index (κ1) is 20.8. The fraction of sp³-hybridized carbons (Fsp3) is 0.375. The number of piperidine rings is 1. The van der Waals surface area contributed by atoms with Gasteiger partial charge in [-0.25, -0.2) is 0 Å². The van der Waals surface area contributed by atoms with Gasteiger partial charge in [0, 0.05) is 24.9 Å². The van der Waals surface area contributed by atoms with Gasteiger partial charge in [-0.05, 0) is 56.9 Å². The molecule has 0 aliphatic carbocycles. The lowest BCUT2D eigenvalue weighted by Crippen LogP contribution is -2.38. The summed E-state index contributed by atoms with van der Waals surface area (Å²) in [4.78, 5) is 2.14. The first-order valence-electron chi connectivity index (χ1n) is 9.99. The Labute approximate surface area is 173 Å². The van der Waals surface area contributed by atoms with E-state index < -0.39 is 0 Å². The highest BCUT2D eigenvalue weighted by Crippen LogP contribution is 2.38. The number of rotatable bonds is 5. The van der Waals surface area contributed by atoms with Gasteiger partial charge in [0.2, 0.25) is 0 Å². The molecule has 0 atom stereocenters. The minimum absolute atomic E-state index is 0.531. The molecule has 0 radical (unpaired) electrons. The lowest BCUT2D eigenvalue weighted by molar-refractivity contribution is 0.391. The van der Waals surface area contributed by atoms with Crippen LogP contribution < -0.4 is 19.7 Å². The third-order valence-corrected chi connectivity index (χ3v) is 5.50. The minimum atomic E-state index is 0.531. The topological polar surface area (TPSA) is 57.6 Å². The average molecular weight is 394 g/mol. The van der Waals surface area contributed by atoms with Crippen LogP contribution in [0.15, 0.2) is 35.9 Å². The molecule has 0 saturated carbocycles. The third-order valence-electron chi connectivity index (χ3n) is 5.50. The van der Waals surface area contributed by atoms with Gasteiger partial charge >= 0.3 is 0 Å². The molecular formula is C24H31N3O2. The van der Waals surface area contributed by atoms with E-state index in [1.165, 1.54) is 16.7 Å². The van der Waals surface area contributed by atoms with Crippen molar-refractivity contribution in [3.63, 3.8) is 0 Å². The Morgan fingerprint density at radius 1 is 1.03 bits per heavy atom. The van der Waals surface area contributed by atoms with Crippen molar-refractivity contribution in [1.82, 2.24) is 5.32 Å². The summed E-state index contributed by atoms with van der Waals surface area (Å²) in [6.45, 7) is 7.21. The second-order valence-electron chi connectivity index (χ2n) is 7.49. The number of ether oxygens (including phenoxy) is 2. The molecule has 29 heavy (non-hydrogen) atoms. The summed E-state index contributed by atoms with van der Waals surface area (Å²) in [7, 11) is 5.21. The summed E-state index contributed by atoms with van der Waals surface area (Å²) in [6, 6.07) is 10.1. The highest BCUT2D eigenvalue weighted by atomic mass is 16.5. The fourth-order valence-electron chi connectivity index (χ4n) is 4.40. The molecule has 2 aromatic carbocycles. The monoisotopic (exact) mass is 393 g/mol. The predicted molar refractivity (Wildman–Crippen MR) is 120 cm³/mol. The van der Waals surface area contributed by atoms with E-state index in [0.29, 0.717) is 5.84 Å². The Hall–Kier alpha value is -2.95. The molecule has 1 saturated heterocycles. The number of anilines is 1. The molecule has 1 fully saturated rings. The number of benzene rings is 2. The van der Waals surface area contributed by atoms with E-state index >= 15 is 0 Å². The Morgan fingerprint density at radius 3 is 2.14 bits per heavy atom. The number of nitrogens with zero attached hydrogens (tertiary/aromatic N) is 1. The number of nitrogens with one attached hydrogen (secondary N) is 2. The molecule has 0 spiro atoms. The van der Waals surface area contributed by atoms with Crippen molar-refractivity contribution >= 4 is 17.2 Å². The average Bonchev–Trinajstić information content (AvgIpc) is 2.70. The van der Waals surface area contributed by atoms with Crippen LogP contribution in [0.3, 0.4) is 0 Å². The summed E-state index contributed by atoms with van der Waals surface area (Å²) >= 11 is 0. The van der Waals surface area contributed by atoms with E-state index in [2.05, 4.69) is 43.1 Å². The normalized spacial score (nSPS) is 15.9. The van der Waals surface area contributed by atoms with Crippen LogP contribution in [0.1, 0.15) is 35.1 Å². The SMILES string of the molecule is CN/C(=C1/CCCN(c2c(C)cc(C)cc2C)C1=N)c1c(OC)cccc1OC. The van der Waals surface area contributed by atoms with E-state index in [1.54, 1.807) is 14.2 Å². The van der Waals surface area contributed by atoms with E-state index in [-0.39, 0.29) is 0 Å². The Morgan fingerprint density at radius 2 is 1.62 bits per heavy atom. The van der Waals surface area contributed by atoms with E-state index in [9.17, 15) is 0 Å². The van der Waals surface area contributed by atoms with E-state index in [4.69, 9.17) is 14.9 Å². The second kappa shape index (κ2) is 8.60. The zero-order valence-electron chi connectivity index (χ0n) is 18.3. The molecule has 0 aromatic heterocycles. The molecule has 5 heteroatoms. The van der Waals surface area contributed by atoms with E-state index in [0.717, 1.165) is 53.4 Å². The summed E-state index contributed by atoms with van der Waals surface area (Å²) in [6.07, 6.45) is 1.81. The summed E-state index contributed by atoms with van der Waals surface area (Å²) in [5.41, 5.74) is 7.51. The lowest BCUT2D eigenvalue weighted by atomic mass is 9.94. The highest BCUT2D eigenvalue weighted by Gasteiger charge is 2.28. The maximum atomic E-state index is 9.07. The van der Waals surface area contributed by atoms with Gasteiger partial charge in [-0.2, -0.15) is 0 Å². The van der Waals surface area contributed by atoms with Crippen molar-refractivity contribution in [3.8, 4) is 11.5 Å². The van der Waals surface area contributed by atoms with Crippen molar-refractivity contribution in [2.24, 2.45) is 0 Å². The molecule has 3 rings (SSSR count). The number of amidine groups is 1. The fourth-order valence-corrected chi connectivity index (χ4v) is 4.40. The Balaban J connectivity index is 2.16. The molecule has 1 aliphatic heterocycles. The molecule has 0 amide bonds. The van der Waals surface area contributed by atoms with Crippen LogP contribution in [0.2, 0.25) is 0 Å². The molecule has 1 heterocycles. The lowest BCUT2D eigenvalue weighted by Gasteiger charge is -2.35. The highest BCUT2D eigenvalue weighted by molar-refractivity contribution is 6.13. The van der Waals surface area contributed by atoms with Crippen LogP contribution in [0.25, 0.3) is 5.70 Å². The van der Waals surface area contributed by atoms with Gasteiger partial charge in [0.05, 0.1) is 25.5 Å². The Kier molecular flexibility index (Phi) is 6.16. The standard InChI is InChI=1S/C24H31N3O2/c1-15-13-16(2)23(17(3)14-15)27-12-8-9-18(24(27)25)22(26-4)21-19(28-5)10-7-11-20(21)29-6/h7,10-11,13-14,25-26H,8-9,12H2,1-6H3/b22-18-,25-24?. The molecule has 154 valence electrons. The van der Waals surface area contributed by atoms with E-state index in [1.807, 2.05) is 25.2 Å². The number of aryl methyl sites for hydroxylation is 3. The van der Waals surface area contributed by atoms with Crippen LogP contribution in [-0.2, 0) is 0 Å². The van der Waals surface area contributed by atoms with Crippen molar-refractivity contribution in [3.05, 3.63) is 58.2 Å². The molecule has 5 nitrogen and oxygen atoms in total. The smallest absolute Gasteiger partial charge is 0.131 e. The summed E-state index contributed by atoms with van der Waals surface area (Å²) in [5, 5.41) is 12.4. The Bertz CT molecular complexity index is 917. The van der Waals surface area contributed by atoms with Gasteiger partial charge in [0.25, 0.3) is 0 Å². The molecule has 1 aliphatic rings. The summed E-state index contributed by atoms with van der Waals surface area (Å²) < 4.78 is 11.2. The third kappa shape index (κ3) is 3.82. The van der Waals surface area contributed by atoms with Crippen molar-refractivity contribution in [2.45, 2.75) is 33.6 Å². The van der Waals surface area contributed by atoms with Gasteiger partial charge < -0.3 is 19.7 Å². The molecule has 2 N–H and O–H groups in total. The predicted octanol–water partition coefficient (Wildman–Crippen LogP) is 4.84. The number of methoxy groups -OCH3 is 2. The number of hydrogen-bond donors (Lipinski definition) is 2. The van der Waals surface area contributed by atoms with Gasteiger partial charge in [0.1, 0.15) is 17.3 Å². The molecular weight excluding hydrogens is 362 g/mol. The zero-order valence-corrected chi connectivity index (χ0v) is 18.3. The summed E-state index contributed by atoms with van der Waals surface area (Å²) in [5.74, 6) is 1.99. The van der Waals surface area contributed by atoms with Crippen LogP contribution in [-0.4, -0.2) is 33.6 Å². The quantitative estimate of drug-likeness (QED) is 0.763.